The van der Waals surface area contributed by atoms with E-state index in [0.29, 0.717) is 5.56 Å². The molecule has 3 rings (SSSR count). The van der Waals surface area contributed by atoms with Gasteiger partial charge in [-0.25, -0.2) is 17.6 Å². The van der Waals surface area contributed by atoms with E-state index in [4.69, 9.17) is 0 Å². The van der Waals surface area contributed by atoms with E-state index < -0.39 is 34.9 Å². The normalized spacial score (nSPS) is 10.9. The molecule has 0 radical (unpaired) electrons. The van der Waals surface area contributed by atoms with Gasteiger partial charge in [-0.15, -0.1) is 0 Å². The number of halogens is 6. The van der Waals surface area contributed by atoms with Crippen molar-refractivity contribution in [2.75, 3.05) is 0 Å². The fourth-order valence-corrected chi connectivity index (χ4v) is 3.45. The highest BCUT2D eigenvalue weighted by Gasteiger charge is 2.16. The highest BCUT2D eigenvalue weighted by Crippen LogP contribution is 2.28. The van der Waals surface area contributed by atoms with Crippen molar-refractivity contribution >= 4 is 6.08 Å². The molecule has 0 aromatic heterocycles. The minimum absolute atomic E-state index is 0.00991. The third-order valence-corrected chi connectivity index (χ3v) is 5.04. The van der Waals surface area contributed by atoms with E-state index in [1.807, 2.05) is 12.1 Å². The maximum atomic E-state index is 14.7. The molecular weight excluding hydrogens is 414 g/mol. The molecular formula is C25H20F6. The number of benzene rings is 3. The van der Waals surface area contributed by atoms with Gasteiger partial charge in [-0.2, -0.15) is 8.78 Å². The quantitative estimate of drug-likeness (QED) is 0.332. The van der Waals surface area contributed by atoms with Crippen molar-refractivity contribution in [1.29, 1.82) is 0 Å². The second-order valence-corrected chi connectivity index (χ2v) is 7.25. The number of aryl methyl sites for hydroxylation is 3. The van der Waals surface area contributed by atoms with Crippen LogP contribution in [0.15, 0.2) is 54.6 Å². The Hall–Kier alpha value is -3.02. The Morgan fingerprint density at radius 3 is 1.97 bits per heavy atom. The van der Waals surface area contributed by atoms with Crippen LogP contribution in [-0.2, 0) is 19.3 Å². The Kier molecular flexibility index (Phi) is 7.21. The smallest absolute Gasteiger partial charge is 0.206 e. The molecule has 31 heavy (non-hydrogen) atoms. The van der Waals surface area contributed by atoms with Crippen LogP contribution in [0.2, 0.25) is 0 Å². The Morgan fingerprint density at radius 1 is 0.742 bits per heavy atom. The predicted molar refractivity (Wildman–Crippen MR) is 110 cm³/mol. The first-order chi connectivity index (χ1) is 14.8. The minimum atomic E-state index is -2.22. The van der Waals surface area contributed by atoms with Crippen molar-refractivity contribution in [3.05, 3.63) is 100 Å². The average molecular weight is 434 g/mol. The number of rotatable bonds is 7. The Labute approximate surface area is 176 Å². The molecule has 0 amide bonds. The standard InChI is InChI=1S/C25H20F6/c1-2-3-15-4-7-17(8-5-15)19-11-10-18(24(30)25(19)31)9-6-16-12-21(26)20(14-23(28)29)22(27)13-16/h4-5,7-8,10-14H,2-3,6,9H2,1H3. The van der Waals surface area contributed by atoms with Gasteiger partial charge >= 0.3 is 0 Å². The molecule has 0 saturated heterocycles. The Balaban J connectivity index is 1.79. The van der Waals surface area contributed by atoms with Gasteiger partial charge in [0.15, 0.2) is 11.6 Å². The third-order valence-electron chi connectivity index (χ3n) is 5.04. The van der Waals surface area contributed by atoms with Crippen LogP contribution in [0.5, 0.6) is 0 Å². The molecule has 0 saturated carbocycles. The summed E-state index contributed by atoms with van der Waals surface area (Å²) in [6, 6.07) is 12.0. The van der Waals surface area contributed by atoms with Gasteiger partial charge in [-0.1, -0.05) is 49.7 Å². The van der Waals surface area contributed by atoms with E-state index >= 15 is 0 Å². The third kappa shape index (κ3) is 5.37. The fourth-order valence-electron chi connectivity index (χ4n) is 3.45. The van der Waals surface area contributed by atoms with Gasteiger partial charge in [0, 0.05) is 11.6 Å². The Morgan fingerprint density at radius 2 is 1.39 bits per heavy atom. The van der Waals surface area contributed by atoms with Crippen LogP contribution >= 0.6 is 0 Å². The zero-order chi connectivity index (χ0) is 22.5. The summed E-state index contributed by atoms with van der Waals surface area (Å²) in [4.78, 5) is 0. The highest BCUT2D eigenvalue weighted by atomic mass is 19.3. The summed E-state index contributed by atoms with van der Waals surface area (Å²) < 4.78 is 81.7. The maximum Gasteiger partial charge on any atom is 0.271 e. The van der Waals surface area contributed by atoms with E-state index in [0.717, 1.165) is 30.5 Å². The molecule has 162 valence electrons. The summed E-state index contributed by atoms with van der Waals surface area (Å²) in [5.74, 6) is -4.29. The summed E-state index contributed by atoms with van der Waals surface area (Å²) in [6.45, 7) is 2.06. The SMILES string of the molecule is CCCc1ccc(-c2ccc(CCc3cc(F)c(C=C(F)F)c(F)c3)c(F)c2F)cc1. The van der Waals surface area contributed by atoms with Crippen LogP contribution in [0.3, 0.4) is 0 Å². The Bertz CT molecular complexity index is 1070. The van der Waals surface area contributed by atoms with Crippen LogP contribution in [0.4, 0.5) is 26.3 Å². The summed E-state index contributed by atoms with van der Waals surface area (Å²) in [6.07, 6.45) is -0.227. The first-order valence-electron chi connectivity index (χ1n) is 9.87. The lowest BCUT2D eigenvalue weighted by Gasteiger charge is -2.10. The van der Waals surface area contributed by atoms with Gasteiger partial charge < -0.3 is 0 Å². The van der Waals surface area contributed by atoms with Crippen LogP contribution in [-0.4, -0.2) is 0 Å². The second kappa shape index (κ2) is 9.86. The summed E-state index contributed by atoms with van der Waals surface area (Å²) in [5.41, 5.74) is 1.17. The van der Waals surface area contributed by atoms with Crippen molar-refractivity contribution in [1.82, 2.24) is 0 Å². The predicted octanol–water partition coefficient (Wildman–Crippen LogP) is 7.89. The molecule has 0 aliphatic carbocycles. The molecule has 3 aromatic carbocycles. The van der Waals surface area contributed by atoms with Gasteiger partial charge in [0.05, 0.1) is 5.56 Å². The van der Waals surface area contributed by atoms with Crippen molar-refractivity contribution in [3.8, 4) is 11.1 Å². The molecule has 3 aromatic rings. The molecule has 0 aliphatic heterocycles. The van der Waals surface area contributed by atoms with E-state index in [2.05, 4.69) is 6.92 Å². The van der Waals surface area contributed by atoms with Gasteiger partial charge in [0.2, 0.25) is 0 Å². The molecule has 0 atom stereocenters. The largest absolute Gasteiger partial charge is 0.271 e. The van der Waals surface area contributed by atoms with Crippen LogP contribution < -0.4 is 0 Å². The zero-order valence-corrected chi connectivity index (χ0v) is 16.8. The molecule has 0 nitrogen and oxygen atoms in total. The molecule has 0 fully saturated rings. The van der Waals surface area contributed by atoms with Crippen LogP contribution in [0.25, 0.3) is 17.2 Å². The number of hydrogen-bond acceptors (Lipinski definition) is 0. The van der Waals surface area contributed by atoms with E-state index in [9.17, 15) is 26.3 Å². The second-order valence-electron chi connectivity index (χ2n) is 7.25. The maximum absolute atomic E-state index is 14.7. The fraction of sp³-hybridized carbons (Fsp3) is 0.200. The van der Waals surface area contributed by atoms with Crippen molar-refractivity contribution in [2.24, 2.45) is 0 Å². The molecule has 0 unspecified atom stereocenters. The van der Waals surface area contributed by atoms with Gasteiger partial charge in [0.25, 0.3) is 6.08 Å². The monoisotopic (exact) mass is 434 g/mol. The van der Waals surface area contributed by atoms with Crippen LogP contribution in [0.1, 0.15) is 35.6 Å². The summed E-state index contributed by atoms with van der Waals surface area (Å²) in [7, 11) is 0. The van der Waals surface area contributed by atoms with Gasteiger partial charge in [-0.05, 0) is 53.6 Å². The van der Waals surface area contributed by atoms with Crippen LogP contribution in [0, 0.1) is 23.3 Å². The molecule has 0 heterocycles. The molecule has 0 N–H and O–H groups in total. The lowest BCUT2D eigenvalue weighted by atomic mass is 9.97. The van der Waals surface area contributed by atoms with Crippen molar-refractivity contribution in [2.45, 2.75) is 32.6 Å². The van der Waals surface area contributed by atoms with E-state index in [1.165, 1.54) is 12.1 Å². The lowest BCUT2D eigenvalue weighted by molar-refractivity contribution is 0.428. The topological polar surface area (TPSA) is 0 Å². The first kappa shape index (κ1) is 22.7. The zero-order valence-electron chi connectivity index (χ0n) is 16.8. The molecule has 0 bridgehead atoms. The first-order valence-corrected chi connectivity index (χ1v) is 9.87. The van der Waals surface area contributed by atoms with E-state index in [1.54, 1.807) is 12.1 Å². The van der Waals surface area contributed by atoms with Crippen molar-refractivity contribution in [3.63, 3.8) is 0 Å². The molecule has 0 spiro atoms. The van der Waals surface area contributed by atoms with Gasteiger partial charge in [-0.3, -0.25) is 0 Å². The number of hydrogen-bond donors (Lipinski definition) is 0. The minimum Gasteiger partial charge on any atom is -0.206 e. The summed E-state index contributed by atoms with van der Waals surface area (Å²) >= 11 is 0. The van der Waals surface area contributed by atoms with E-state index in [-0.39, 0.29) is 35.6 Å². The molecule has 6 heteroatoms. The highest BCUT2D eigenvalue weighted by molar-refractivity contribution is 5.65. The van der Waals surface area contributed by atoms with Gasteiger partial charge in [0.1, 0.15) is 11.6 Å². The summed E-state index contributed by atoms with van der Waals surface area (Å²) in [5, 5.41) is 0. The lowest BCUT2D eigenvalue weighted by Crippen LogP contribution is -2.01. The van der Waals surface area contributed by atoms with Crippen molar-refractivity contribution < 1.29 is 26.3 Å². The molecule has 0 aliphatic rings. The average Bonchev–Trinajstić information content (AvgIpc) is 2.73.